The second kappa shape index (κ2) is 5.99. The molecule has 0 saturated carbocycles. The highest BCUT2D eigenvalue weighted by Gasteiger charge is 2.12. The van der Waals surface area contributed by atoms with Crippen LogP contribution in [-0.2, 0) is 6.61 Å². The van der Waals surface area contributed by atoms with Gasteiger partial charge in [0.05, 0.1) is 6.61 Å². The van der Waals surface area contributed by atoms with E-state index in [1.54, 1.807) is 18.2 Å². The van der Waals surface area contributed by atoms with Gasteiger partial charge in [-0.2, -0.15) is 0 Å². The van der Waals surface area contributed by atoms with E-state index in [2.05, 4.69) is 21.2 Å². The molecule has 98 valence electrons. The number of carbonyl (C=O) groups is 1. The minimum Gasteiger partial charge on any atom is -0.392 e. The van der Waals surface area contributed by atoms with Gasteiger partial charge in [0.15, 0.2) is 0 Å². The zero-order chi connectivity index (χ0) is 13.8. The molecule has 3 nitrogen and oxygen atoms in total. The van der Waals surface area contributed by atoms with Crippen LogP contribution in [0.15, 0.2) is 46.9 Å². The first-order chi connectivity index (χ1) is 9.13. The minimum atomic E-state index is -0.181. The van der Waals surface area contributed by atoms with Gasteiger partial charge in [0.1, 0.15) is 0 Å². The molecule has 0 aliphatic rings. The Morgan fingerprint density at radius 2 is 1.95 bits per heavy atom. The van der Waals surface area contributed by atoms with Crippen LogP contribution in [0.5, 0.6) is 0 Å². The summed E-state index contributed by atoms with van der Waals surface area (Å²) >= 11 is 3.41. The number of aliphatic hydroxyl groups excluding tert-OH is 1. The van der Waals surface area contributed by atoms with Crippen LogP contribution in [0.4, 0.5) is 5.69 Å². The molecule has 0 heterocycles. The van der Waals surface area contributed by atoms with E-state index in [-0.39, 0.29) is 12.5 Å². The number of hydrogen-bond acceptors (Lipinski definition) is 2. The summed E-state index contributed by atoms with van der Waals surface area (Å²) in [6, 6.07) is 12.7. The van der Waals surface area contributed by atoms with Gasteiger partial charge in [-0.15, -0.1) is 0 Å². The number of nitrogens with one attached hydrogen (secondary N) is 1. The zero-order valence-corrected chi connectivity index (χ0v) is 12.1. The maximum Gasteiger partial charge on any atom is 0.255 e. The van der Waals surface area contributed by atoms with Gasteiger partial charge in [0, 0.05) is 21.3 Å². The number of aliphatic hydroxyl groups is 1. The fourth-order valence-corrected chi connectivity index (χ4v) is 2.19. The Balaban J connectivity index is 2.28. The Morgan fingerprint density at radius 3 is 2.68 bits per heavy atom. The molecule has 2 rings (SSSR count). The number of carbonyl (C=O) groups excluding carboxylic acids is 1. The van der Waals surface area contributed by atoms with Crippen LogP contribution in [0.2, 0.25) is 0 Å². The van der Waals surface area contributed by atoms with Crippen molar-refractivity contribution in [3.63, 3.8) is 0 Å². The van der Waals surface area contributed by atoms with Crippen LogP contribution in [0, 0.1) is 6.92 Å². The summed E-state index contributed by atoms with van der Waals surface area (Å²) in [5.41, 5.74) is 2.83. The molecule has 0 atom stereocenters. The van der Waals surface area contributed by atoms with Crippen molar-refractivity contribution in [2.45, 2.75) is 13.5 Å². The molecule has 0 saturated heterocycles. The third-order valence-corrected chi connectivity index (χ3v) is 3.81. The number of amides is 1. The first-order valence-corrected chi connectivity index (χ1v) is 6.68. The van der Waals surface area contributed by atoms with Gasteiger partial charge < -0.3 is 10.4 Å². The molecule has 1 amide bonds. The standard InChI is InChI=1S/C15H14BrNO2/c1-10-12(6-4-7-13(10)16)15(19)17-14-8-3-2-5-11(14)9-18/h2-8,18H,9H2,1H3,(H,17,19). The van der Waals surface area contributed by atoms with Gasteiger partial charge >= 0.3 is 0 Å². The first-order valence-electron chi connectivity index (χ1n) is 5.88. The van der Waals surface area contributed by atoms with Crippen molar-refractivity contribution >= 4 is 27.5 Å². The number of anilines is 1. The van der Waals surface area contributed by atoms with E-state index in [4.69, 9.17) is 0 Å². The second-order valence-electron chi connectivity index (χ2n) is 4.18. The smallest absolute Gasteiger partial charge is 0.255 e. The summed E-state index contributed by atoms with van der Waals surface area (Å²) < 4.78 is 0.899. The zero-order valence-electron chi connectivity index (χ0n) is 10.5. The van der Waals surface area contributed by atoms with Gasteiger partial charge in [0.2, 0.25) is 0 Å². The van der Waals surface area contributed by atoms with E-state index in [0.29, 0.717) is 16.8 Å². The van der Waals surface area contributed by atoms with E-state index in [1.165, 1.54) is 0 Å². The van der Waals surface area contributed by atoms with Crippen molar-refractivity contribution < 1.29 is 9.90 Å². The Morgan fingerprint density at radius 1 is 1.21 bits per heavy atom. The topological polar surface area (TPSA) is 49.3 Å². The number of rotatable bonds is 3. The molecule has 19 heavy (non-hydrogen) atoms. The molecule has 2 aromatic carbocycles. The fourth-order valence-electron chi connectivity index (χ4n) is 1.82. The monoisotopic (exact) mass is 319 g/mol. The van der Waals surface area contributed by atoms with Crippen molar-refractivity contribution in [3.8, 4) is 0 Å². The van der Waals surface area contributed by atoms with Gasteiger partial charge in [-0.25, -0.2) is 0 Å². The normalized spacial score (nSPS) is 10.3. The third-order valence-electron chi connectivity index (χ3n) is 2.95. The van der Waals surface area contributed by atoms with Crippen molar-refractivity contribution in [2.24, 2.45) is 0 Å². The van der Waals surface area contributed by atoms with Crippen LogP contribution >= 0.6 is 15.9 Å². The average molecular weight is 320 g/mol. The molecule has 0 aliphatic heterocycles. The molecule has 0 radical (unpaired) electrons. The molecule has 0 spiro atoms. The Bertz CT molecular complexity index is 611. The predicted octanol–water partition coefficient (Wildman–Crippen LogP) is 3.50. The summed E-state index contributed by atoms with van der Waals surface area (Å²) in [4.78, 5) is 12.2. The predicted molar refractivity (Wildman–Crippen MR) is 79.2 cm³/mol. The van der Waals surface area contributed by atoms with Crippen LogP contribution in [0.1, 0.15) is 21.5 Å². The molecule has 0 unspecified atom stereocenters. The Hall–Kier alpha value is -1.65. The highest BCUT2D eigenvalue weighted by molar-refractivity contribution is 9.10. The SMILES string of the molecule is Cc1c(Br)cccc1C(=O)Nc1ccccc1CO. The molecule has 0 aromatic heterocycles. The molecular weight excluding hydrogens is 306 g/mol. The fraction of sp³-hybridized carbons (Fsp3) is 0.133. The van der Waals surface area contributed by atoms with Gasteiger partial charge in [-0.1, -0.05) is 40.2 Å². The number of benzene rings is 2. The lowest BCUT2D eigenvalue weighted by molar-refractivity contribution is 0.102. The van der Waals surface area contributed by atoms with Crippen LogP contribution < -0.4 is 5.32 Å². The average Bonchev–Trinajstić information content (AvgIpc) is 2.42. The Labute approximate surface area is 120 Å². The Kier molecular flexibility index (Phi) is 4.35. The summed E-state index contributed by atoms with van der Waals surface area (Å²) in [6.45, 7) is 1.78. The molecule has 0 bridgehead atoms. The van der Waals surface area contributed by atoms with Gasteiger partial charge in [-0.3, -0.25) is 4.79 Å². The lowest BCUT2D eigenvalue weighted by Gasteiger charge is -2.11. The second-order valence-corrected chi connectivity index (χ2v) is 5.04. The van der Waals surface area contributed by atoms with E-state index in [0.717, 1.165) is 10.0 Å². The lowest BCUT2D eigenvalue weighted by atomic mass is 10.1. The summed E-state index contributed by atoms with van der Waals surface area (Å²) in [6.07, 6.45) is 0. The largest absolute Gasteiger partial charge is 0.392 e. The number of halogens is 1. The highest BCUT2D eigenvalue weighted by atomic mass is 79.9. The van der Waals surface area contributed by atoms with Crippen molar-refractivity contribution in [1.29, 1.82) is 0 Å². The first kappa shape index (κ1) is 13.8. The summed E-state index contributed by atoms with van der Waals surface area (Å²) in [5.74, 6) is -0.181. The minimum absolute atomic E-state index is 0.103. The number of para-hydroxylation sites is 1. The summed E-state index contributed by atoms with van der Waals surface area (Å²) in [7, 11) is 0. The van der Waals surface area contributed by atoms with Crippen molar-refractivity contribution in [3.05, 3.63) is 63.6 Å². The van der Waals surface area contributed by atoms with Crippen LogP contribution in [0.3, 0.4) is 0 Å². The molecule has 2 aromatic rings. The van der Waals surface area contributed by atoms with Crippen molar-refractivity contribution in [2.75, 3.05) is 5.32 Å². The lowest BCUT2D eigenvalue weighted by Crippen LogP contribution is -2.14. The third kappa shape index (κ3) is 3.03. The number of hydrogen-bond donors (Lipinski definition) is 2. The van der Waals surface area contributed by atoms with Crippen LogP contribution in [0.25, 0.3) is 0 Å². The van der Waals surface area contributed by atoms with E-state index >= 15 is 0 Å². The quantitative estimate of drug-likeness (QED) is 0.909. The molecule has 2 N–H and O–H groups in total. The summed E-state index contributed by atoms with van der Waals surface area (Å²) in [5, 5.41) is 12.1. The van der Waals surface area contributed by atoms with Gasteiger partial charge in [-0.05, 0) is 30.7 Å². The van der Waals surface area contributed by atoms with E-state index < -0.39 is 0 Å². The molecular formula is C15H14BrNO2. The maximum atomic E-state index is 12.2. The highest BCUT2D eigenvalue weighted by Crippen LogP contribution is 2.21. The molecule has 0 aliphatic carbocycles. The van der Waals surface area contributed by atoms with E-state index in [9.17, 15) is 9.90 Å². The maximum absolute atomic E-state index is 12.2. The molecule has 0 fully saturated rings. The van der Waals surface area contributed by atoms with Gasteiger partial charge in [0.25, 0.3) is 5.91 Å². The van der Waals surface area contributed by atoms with E-state index in [1.807, 2.05) is 31.2 Å². The van der Waals surface area contributed by atoms with Crippen LogP contribution in [-0.4, -0.2) is 11.0 Å². The molecule has 4 heteroatoms. The van der Waals surface area contributed by atoms with Crippen molar-refractivity contribution in [1.82, 2.24) is 0 Å².